The van der Waals surface area contributed by atoms with E-state index >= 15 is 0 Å². The minimum absolute atomic E-state index is 0.00546. The molecule has 9 atom stereocenters. The molecule has 21 nitrogen and oxygen atoms in total. The molecule has 3 heterocycles. The highest BCUT2D eigenvalue weighted by molar-refractivity contribution is 9.08. The second kappa shape index (κ2) is 31.4. The van der Waals surface area contributed by atoms with Crippen LogP contribution in [0.4, 0.5) is 4.79 Å². The van der Waals surface area contributed by atoms with Crippen LogP contribution >= 0.6 is 31.9 Å². The molecular formula is C58H89Br2N9O12S. The van der Waals surface area contributed by atoms with Crippen LogP contribution in [0.2, 0.25) is 0 Å². The summed E-state index contributed by atoms with van der Waals surface area (Å²) < 4.78 is 46.1. The molecule has 82 heavy (non-hydrogen) atoms. The Morgan fingerprint density at radius 1 is 0.793 bits per heavy atom. The molecule has 2 aliphatic heterocycles. The Morgan fingerprint density at radius 3 is 1.94 bits per heavy atom. The van der Waals surface area contributed by atoms with E-state index in [0.717, 1.165) is 11.4 Å². The number of alkyl halides is 2. The summed E-state index contributed by atoms with van der Waals surface area (Å²) in [6, 6.07) is 6.17. The average Bonchev–Trinajstić information content (AvgIpc) is 4.31. The van der Waals surface area contributed by atoms with E-state index in [2.05, 4.69) is 57.5 Å². The van der Waals surface area contributed by atoms with Gasteiger partial charge in [-0.1, -0.05) is 98.9 Å². The highest BCUT2D eigenvalue weighted by atomic mass is 79.9. The van der Waals surface area contributed by atoms with Gasteiger partial charge in [-0.15, -0.1) is 0 Å². The van der Waals surface area contributed by atoms with Gasteiger partial charge in [0.05, 0.1) is 59.3 Å². The van der Waals surface area contributed by atoms with Crippen LogP contribution in [0.25, 0.3) is 0 Å². The van der Waals surface area contributed by atoms with Gasteiger partial charge in [0.1, 0.15) is 17.8 Å². The van der Waals surface area contributed by atoms with Crippen molar-refractivity contribution in [1.29, 1.82) is 0 Å². The Hall–Kier alpha value is -4.75. The van der Waals surface area contributed by atoms with Gasteiger partial charge in [-0.05, 0) is 106 Å². The maximum Gasteiger partial charge on any atom is 0.415 e. The van der Waals surface area contributed by atoms with Crippen molar-refractivity contribution in [2.75, 3.05) is 61.5 Å². The molecule has 1 aromatic carbocycles. The van der Waals surface area contributed by atoms with Crippen LogP contribution in [0.3, 0.4) is 0 Å². The molecule has 24 heteroatoms. The van der Waals surface area contributed by atoms with Gasteiger partial charge < -0.3 is 44.9 Å². The van der Waals surface area contributed by atoms with Crippen molar-refractivity contribution in [3.05, 3.63) is 58.9 Å². The number of methoxy groups -OCH3 is 2. The van der Waals surface area contributed by atoms with Crippen molar-refractivity contribution in [3.63, 3.8) is 0 Å². The minimum Gasteiger partial charge on any atom is -0.410 e. The van der Waals surface area contributed by atoms with Crippen LogP contribution in [0.5, 0.6) is 5.75 Å². The number of nitrogens with zero attached hydrogens (tertiary/aromatic N) is 5. The van der Waals surface area contributed by atoms with Gasteiger partial charge in [-0.25, -0.2) is 13.2 Å². The summed E-state index contributed by atoms with van der Waals surface area (Å²) in [6.07, 6.45) is 1.62. The summed E-state index contributed by atoms with van der Waals surface area (Å²) in [5.74, 6) is -3.39. The number of sulfonamides is 1. The molecule has 1 saturated carbocycles. The number of hydrogen-bond donors (Lipinski definition) is 4. The van der Waals surface area contributed by atoms with Crippen LogP contribution < -0.4 is 25.4 Å². The average molecular weight is 1300 g/mol. The zero-order chi connectivity index (χ0) is 60.7. The van der Waals surface area contributed by atoms with E-state index in [1.54, 1.807) is 65.1 Å². The Morgan fingerprint density at radius 2 is 1.41 bits per heavy atom. The third-order valence-electron chi connectivity index (χ3n) is 16.2. The molecular weight excluding hydrogens is 1210 g/mol. The van der Waals surface area contributed by atoms with Crippen LogP contribution in [0.1, 0.15) is 127 Å². The van der Waals surface area contributed by atoms with E-state index in [0.29, 0.717) is 92.9 Å². The fourth-order valence-corrected chi connectivity index (χ4v) is 13.2. The molecule has 1 aromatic heterocycles. The van der Waals surface area contributed by atoms with Crippen molar-refractivity contribution < 1.29 is 56.2 Å². The molecule has 5 rings (SSSR count). The fraction of sp³-hybridized carbons (Fsp3) is 0.690. The predicted molar refractivity (Wildman–Crippen MR) is 320 cm³/mol. The van der Waals surface area contributed by atoms with Crippen molar-refractivity contribution in [1.82, 2.24) is 45.3 Å². The molecule has 2 saturated heterocycles. The lowest BCUT2D eigenvalue weighted by Crippen LogP contribution is -2.59. The Kier molecular flexibility index (Phi) is 26.1. The number of likely N-dealkylation sites (tertiary alicyclic amines) is 2. The number of carbonyl (C=O) groups excluding carboxylic acids is 7. The normalized spacial score (nSPS) is 18.9. The summed E-state index contributed by atoms with van der Waals surface area (Å²) in [5, 5.41) is 9.19. The first-order valence-corrected chi connectivity index (χ1v) is 32.5. The van der Waals surface area contributed by atoms with Gasteiger partial charge in [-0.3, -0.25) is 43.4 Å². The summed E-state index contributed by atoms with van der Waals surface area (Å²) in [5.41, 5.74) is 2.60. The van der Waals surface area contributed by atoms with E-state index in [1.807, 2.05) is 60.5 Å². The quantitative estimate of drug-likeness (QED) is 0.0704. The van der Waals surface area contributed by atoms with E-state index in [4.69, 9.17) is 14.2 Å². The minimum atomic E-state index is -4.00. The zero-order valence-corrected chi connectivity index (χ0v) is 53.9. The molecule has 0 bridgehead atoms. The number of benzene rings is 1. The van der Waals surface area contributed by atoms with Crippen LogP contribution in [0, 0.1) is 29.6 Å². The van der Waals surface area contributed by atoms with E-state index in [9.17, 15) is 42.0 Å². The van der Waals surface area contributed by atoms with Crippen molar-refractivity contribution in [2.24, 2.45) is 29.6 Å². The van der Waals surface area contributed by atoms with Gasteiger partial charge in [0.25, 0.3) is 11.8 Å². The molecule has 458 valence electrons. The number of likely N-dealkylation sites (N-methyl/N-ethyl adjacent to an activating group) is 2. The molecule has 3 fully saturated rings. The highest BCUT2D eigenvalue weighted by Gasteiger charge is 2.44. The van der Waals surface area contributed by atoms with Gasteiger partial charge in [0, 0.05) is 70.1 Å². The monoisotopic (exact) mass is 1290 g/mol. The molecule has 1 aliphatic carbocycles. The van der Waals surface area contributed by atoms with Gasteiger partial charge in [0.2, 0.25) is 33.7 Å². The Balaban J connectivity index is 1.22. The lowest BCUT2D eigenvalue weighted by atomic mass is 9.89. The number of ether oxygens (including phenoxy) is 3. The van der Waals surface area contributed by atoms with Crippen LogP contribution in [-0.4, -0.2) is 184 Å². The fourth-order valence-electron chi connectivity index (χ4n) is 11.3. The van der Waals surface area contributed by atoms with E-state index < -0.39 is 81.5 Å². The predicted octanol–water partition coefficient (Wildman–Crippen LogP) is 5.80. The lowest BCUT2D eigenvalue weighted by Gasteiger charge is -2.41. The summed E-state index contributed by atoms with van der Waals surface area (Å²) in [6.45, 7) is 15.0. The lowest BCUT2D eigenvalue weighted by molar-refractivity contribution is -0.148. The van der Waals surface area contributed by atoms with Crippen molar-refractivity contribution >= 4 is 83.4 Å². The maximum atomic E-state index is 14.6. The molecule has 0 unspecified atom stereocenters. The third-order valence-corrected chi connectivity index (χ3v) is 19.2. The number of halogens is 2. The first-order chi connectivity index (χ1) is 38.8. The first-order valence-electron chi connectivity index (χ1n) is 28.7. The van der Waals surface area contributed by atoms with Crippen molar-refractivity contribution in [3.8, 4) is 5.75 Å². The molecule has 0 radical (unpaired) electrons. The Bertz CT molecular complexity index is 2590. The standard InChI is InChI=1S/C58H89Br2N9O12S/c1-13-36(6)51(67(10)57(75)49(34(2)3)64-56(74)50(35(4)5)66(8)9)47(79-11)30-48(70)69-24-14-15-46(69)52(80-12)37(7)53(71)63-45(55(73)65-82(77,78)44-20-21-44)27-38-16-18-43(19-17-38)81-58(76)68-25-22-39(23-26-68)33-61-54(72)40-28-41(31-59)62-42(29-40)32-60/h16-19,28-29,34-37,39,44-47,49-52H,13-15,20-27,30-33H2,1-12H3,(H,61,72)(H,63,71)(H,64,74)(H,65,73)/t36-,37+,45-,46-,47+,49-,50-,51-,52+/m0/s1. The topological polar surface area (TPSA) is 255 Å². The van der Waals surface area contributed by atoms with Gasteiger partial charge >= 0.3 is 6.09 Å². The van der Waals surface area contributed by atoms with E-state index in [-0.39, 0.29) is 65.9 Å². The number of aromatic nitrogens is 1. The number of carbonyl (C=O) groups is 7. The van der Waals surface area contributed by atoms with Crippen molar-refractivity contribution in [2.45, 2.75) is 165 Å². The second-order valence-electron chi connectivity index (χ2n) is 23.2. The van der Waals surface area contributed by atoms with Crippen LogP contribution in [0.15, 0.2) is 36.4 Å². The Labute approximate surface area is 502 Å². The van der Waals surface area contributed by atoms with E-state index in [1.165, 1.54) is 14.2 Å². The molecule has 2 aromatic rings. The number of piperidine rings is 1. The van der Waals surface area contributed by atoms with Gasteiger partial charge in [0.15, 0.2) is 0 Å². The van der Waals surface area contributed by atoms with Crippen LogP contribution in [-0.2, 0) is 60.6 Å². The SMILES string of the molecule is CC[C@H](C)[C@@H]([C@@H](CC(=O)N1CCC[C@H]1[C@H](OC)[C@@H](C)C(=O)N[C@@H](Cc1ccc(OC(=O)N2CCC(CNC(=O)c3cc(CBr)nc(CBr)c3)CC2)cc1)C(=O)NS(=O)(=O)C1CC1)OC)N(C)C(=O)[C@@H](NC(=O)[C@H](C(C)C)N(C)C)C(C)C. The zero-order valence-electron chi connectivity index (χ0n) is 49.9. The molecule has 7 amide bonds. The first kappa shape index (κ1) is 68.0. The van der Waals surface area contributed by atoms with Gasteiger partial charge in [-0.2, -0.15) is 0 Å². The smallest absolute Gasteiger partial charge is 0.410 e. The maximum absolute atomic E-state index is 14.6. The number of rotatable bonds is 29. The molecule has 0 spiro atoms. The summed E-state index contributed by atoms with van der Waals surface area (Å²) >= 11 is 6.82. The number of pyridine rings is 1. The number of hydrogen-bond acceptors (Lipinski definition) is 14. The number of nitrogens with one attached hydrogen (secondary N) is 4. The molecule has 3 aliphatic rings. The summed E-state index contributed by atoms with van der Waals surface area (Å²) in [7, 11) is 4.32. The summed E-state index contributed by atoms with van der Waals surface area (Å²) in [4.78, 5) is 108. The third kappa shape index (κ3) is 18.4. The number of amides is 7. The second-order valence-corrected chi connectivity index (χ2v) is 26.3. The molecule has 4 N–H and O–H groups in total. The highest BCUT2D eigenvalue weighted by Crippen LogP contribution is 2.31. The largest absolute Gasteiger partial charge is 0.415 e.